The van der Waals surface area contributed by atoms with E-state index in [2.05, 4.69) is 15.9 Å². The minimum Gasteiger partial charge on any atom is -0.490 e. The van der Waals surface area contributed by atoms with E-state index in [1.165, 1.54) is 0 Å². The zero-order valence-electron chi connectivity index (χ0n) is 9.71. The Labute approximate surface area is 114 Å². The molecule has 0 aromatic heterocycles. The summed E-state index contributed by atoms with van der Waals surface area (Å²) in [5.41, 5.74) is 7.06. The molecule has 0 saturated carbocycles. The van der Waals surface area contributed by atoms with Crippen LogP contribution in [0, 0.1) is 0 Å². The van der Waals surface area contributed by atoms with Crippen LogP contribution in [0.4, 0.5) is 5.69 Å². The van der Waals surface area contributed by atoms with E-state index in [0.29, 0.717) is 5.69 Å². The minimum absolute atomic E-state index is 0.209. The van der Waals surface area contributed by atoms with Gasteiger partial charge >= 0.3 is 0 Å². The van der Waals surface area contributed by atoms with Gasteiger partial charge in [-0.05, 0) is 35.9 Å². The van der Waals surface area contributed by atoms with Crippen molar-refractivity contribution < 1.29 is 9.84 Å². The number of hydrogen-bond acceptors (Lipinski definition) is 3. The van der Waals surface area contributed by atoms with Crippen molar-refractivity contribution in [3.63, 3.8) is 0 Å². The van der Waals surface area contributed by atoms with Crippen molar-refractivity contribution in [3.8, 4) is 5.75 Å². The van der Waals surface area contributed by atoms with Crippen LogP contribution in [0.5, 0.6) is 5.75 Å². The van der Waals surface area contributed by atoms with Crippen molar-refractivity contribution in [1.82, 2.24) is 0 Å². The second-order valence-corrected chi connectivity index (χ2v) is 4.87. The van der Waals surface area contributed by atoms with Gasteiger partial charge in [0, 0.05) is 10.2 Å². The van der Waals surface area contributed by atoms with Crippen LogP contribution in [0.2, 0.25) is 0 Å². The Morgan fingerprint density at radius 1 is 1.17 bits per heavy atom. The highest BCUT2D eigenvalue weighted by Gasteiger charge is 2.08. The maximum atomic E-state index is 9.96. The molecule has 0 amide bonds. The average Bonchev–Trinajstić information content (AvgIpc) is 2.37. The first-order valence-electron chi connectivity index (χ1n) is 5.57. The smallest absolute Gasteiger partial charge is 0.120 e. The van der Waals surface area contributed by atoms with Gasteiger partial charge in [-0.25, -0.2) is 0 Å². The number of benzene rings is 2. The van der Waals surface area contributed by atoms with Crippen LogP contribution in [0.15, 0.2) is 53.0 Å². The van der Waals surface area contributed by atoms with Gasteiger partial charge in [-0.1, -0.05) is 34.1 Å². The van der Waals surface area contributed by atoms with Crippen LogP contribution in [0.3, 0.4) is 0 Å². The fourth-order valence-electron chi connectivity index (χ4n) is 1.55. The number of halogens is 1. The van der Waals surface area contributed by atoms with Crippen LogP contribution >= 0.6 is 15.9 Å². The lowest BCUT2D eigenvalue weighted by atomic mass is 10.1. The molecule has 18 heavy (non-hydrogen) atoms. The third-order valence-electron chi connectivity index (χ3n) is 2.53. The lowest BCUT2D eigenvalue weighted by Crippen LogP contribution is -2.09. The summed E-state index contributed by atoms with van der Waals surface area (Å²) in [6.07, 6.45) is -0.662. The summed E-state index contributed by atoms with van der Waals surface area (Å²) in [7, 11) is 0. The van der Waals surface area contributed by atoms with E-state index in [1.54, 1.807) is 24.3 Å². The second kappa shape index (κ2) is 5.89. The lowest BCUT2D eigenvalue weighted by molar-refractivity contribution is 0.108. The van der Waals surface area contributed by atoms with Gasteiger partial charge in [0.1, 0.15) is 18.5 Å². The van der Waals surface area contributed by atoms with Crippen LogP contribution in [-0.2, 0) is 0 Å². The first kappa shape index (κ1) is 12.9. The quantitative estimate of drug-likeness (QED) is 0.853. The SMILES string of the molecule is Nc1ccc(C(O)COc2cccc(Br)c2)cc1. The highest BCUT2D eigenvalue weighted by molar-refractivity contribution is 9.10. The first-order chi connectivity index (χ1) is 8.65. The summed E-state index contributed by atoms with van der Waals surface area (Å²) in [5, 5.41) is 9.96. The summed E-state index contributed by atoms with van der Waals surface area (Å²) in [4.78, 5) is 0. The second-order valence-electron chi connectivity index (χ2n) is 3.95. The van der Waals surface area contributed by atoms with E-state index in [9.17, 15) is 5.11 Å². The van der Waals surface area contributed by atoms with Gasteiger partial charge in [-0.15, -0.1) is 0 Å². The third-order valence-corrected chi connectivity index (χ3v) is 3.02. The molecule has 0 aliphatic carbocycles. The molecule has 4 heteroatoms. The molecular formula is C14H14BrNO2. The van der Waals surface area contributed by atoms with Gasteiger partial charge in [-0.2, -0.15) is 0 Å². The normalized spacial score (nSPS) is 12.1. The van der Waals surface area contributed by atoms with Crippen LogP contribution in [-0.4, -0.2) is 11.7 Å². The Morgan fingerprint density at radius 2 is 1.89 bits per heavy atom. The van der Waals surface area contributed by atoms with Gasteiger partial charge in [0.15, 0.2) is 0 Å². The number of nitrogens with two attached hydrogens (primary N) is 1. The highest BCUT2D eigenvalue weighted by atomic mass is 79.9. The molecule has 1 unspecified atom stereocenters. The van der Waals surface area contributed by atoms with Crippen LogP contribution in [0.25, 0.3) is 0 Å². The zero-order valence-corrected chi connectivity index (χ0v) is 11.3. The van der Waals surface area contributed by atoms with Crippen molar-refractivity contribution in [3.05, 3.63) is 58.6 Å². The highest BCUT2D eigenvalue weighted by Crippen LogP contribution is 2.20. The van der Waals surface area contributed by atoms with Crippen molar-refractivity contribution in [1.29, 1.82) is 0 Å². The molecule has 0 heterocycles. The maximum Gasteiger partial charge on any atom is 0.120 e. The van der Waals surface area contributed by atoms with Crippen molar-refractivity contribution in [2.75, 3.05) is 12.3 Å². The van der Waals surface area contributed by atoms with E-state index in [-0.39, 0.29) is 6.61 Å². The molecule has 0 bridgehead atoms. The van der Waals surface area contributed by atoms with Crippen LogP contribution in [0.1, 0.15) is 11.7 Å². The maximum absolute atomic E-state index is 9.96. The van der Waals surface area contributed by atoms with Crippen molar-refractivity contribution in [2.45, 2.75) is 6.10 Å². The Morgan fingerprint density at radius 3 is 2.56 bits per heavy atom. The van der Waals surface area contributed by atoms with Crippen LogP contribution < -0.4 is 10.5 Å². The van der Waals surface area contributed by atoms with Crippen molar-refractivity contribution >= 4 is 21.6 Å². The van der Waals surface area contributed by atoms with Gasteiger partial charge in [0.05, 0.1) is 0 Å². The number of anilines is 1. The molecule has 3 nitrogen and oxygen atoms in total. The molecular weight excluding hydrogens is 294 g/mol. The number of aliphatic hydroxyl groups is 1. The number of nitrogen functional groups attached to an aromatic ring is 1. The predicted octanol–water partition coefficient (Wildman–Crippen LogP) is 3.14. The molecule has 2 rings (SSSR count). The molecule has 1 atom stereocenters. The molecule has 0 radical (unpaired) electrons. The topological polar surface area (TPSA) is 55.5 Å². The predicted molar refractivity (Wildman–Crippen MR) is 75.5 cm³/mol. The molecule has 2 aromatic carbocycles. The molecule has 0 aliphatic rings. The van der Waals surface area contributed by atoms with Gasteiger partial charge in [-0.3, -0.25) is 0 Å². The van der Waals surface area contributed by atoms with E-state index < -0.39 is 6.10 Å². The van der Waals surface area contributed by atoms with Crippen molar-refractivity contribution in [2.24, 2.45) is 0 Å². The number of hydrogen-bond donors (Lipinski definition) is 2. The summed E-state index contributed by atoms with van der Waals surface area (Å²) in [6.45, 7) is 0.209. The molecule has 3 N–H and O–H groups in total. The monoisotopic (exact) mass is 307 g/mol. The summed E-state index contributed by atoms with van der Waals surface area (Å²) >= 11 is 3.37. The summed E-state index contributed by atoms with van der Waals surface area (Å²) < 4.78 is 6.47. The molecule has 0 saturated heterocycles. The summed E-state index contributed by atoms with van der Waals surface area (Å²) in [5.74, 6) is 0.721. The average molecular weight is 308 g/mol. The number of aliphatic hydroxyl groups excluding tert-OH is 1. The Hall–Kier alpha value is -1.52. The first-order valence-corrected chi connectivity index (χ1v) is 6.36. The fraction of sp³-hybridized carbons (Fsp3) is 0.143. The van der Waals surface area contributed by atoms with Gasteiger partial charge in [0.2, 0.25) is 0 Å². The third kappa shape index (κ3) is 3.48. The number of rotatable bonds is 4. The lowest BCUT2D eigenvalue weighted by Gasteiger charge is -2.13. The van der Waals surface area contributed by atoms with E-state index in [1.807, 2.05) is 24.3 Å². The fourth-order valence-corrected chi connectivity index (χ4v) is 1.92. The zero-order chi connectivity index (χ0) is 13.0. The Kier molecular flexibility index (Phi) is 4.23. The largest absolute Gasteiger partial charge is 0.490 e. The Balaban J connectivity index is 1.96. The van der Waals surface area contributed by atoms with E-state index in [0.717, 1.165) is 15.8 Å². The van der Waals surface area contributed by atoms with Gasteiger partial charge in [0.25, 0.3) is 0 Å². The number of ether oxygens (including phenoxy) is 1. The molecule has 94 valence electrons. The Bertz CT molecular complexity index is 513. The van der Waals surface area contributed by atoms with E-state index in [4.69, 9.17) is 10.5 Å². The molecule has 0 aliphatic heterocycles. The molecule has 0 spiro atoms. The molecule has 0 fully saturated rings. The van der Waals surface area contributed by atoms with E-state index >= 15 is 0 Å². The standard InChI is InChI=1S/C14H14BrNO2/c15-11-2-1-3-13(8-11)18-9-14(17)10-4-6-12(16)7-5-10/h1-8,14,17H,9,16H2. The molecule has 2 aromatic rings. The minimum atomic E-state index is -0.662. The van der Waals surface area contributed by atoms with Gasteiger partial charge < -0.3 is 15.6 Å². The summed E-state index contributed by atoms with van der Waals surface area (Å²) in [6, 6.07) is 14.6.